The quantitative estimate of drug-likeness (QED) is 0.259. The number of H-pyrrole nitrogens is 3. The van der Waals surface area contributed by atoms with Crippen LogP contribution in [0, 0.1) is 23.7 Å². The molecule has 1 aliphatic rings. The van der Waals surface area contributed by atoms with Crippen LogP contribution in [0.1, 0.15) is 38.7 Å². The fourth-order valence-electron chi connectivity index (χ4n) is 5.97. The predicted octanol–water partition coefficient (Wildman–Crippen LogP) is 4.33. The minimum atomic E-state index is -0.430. The summed E-state index contributed by atoms with van der Waals surface area (Å²) in [7, 11) is 0. The highest BCUT2D eigenvalue weighted by atomic mass is 16.5. The Morgan fingerprint density at radius 1 is 1.05 bits per heavy atom. The Bertz CT molecular complexity index is 1670. The summed E-state index contributed by atoms with van der Waals surface area (Å²) in [6.45, 7) is 4.45. The number of ether oxygens (including phenoxy) is 1. The molecule has 0 radical (unpaired) electrons. The number of hydrogen-bond donors (Lipinski definition) is 3. The van der Waals surface area contributed by atoms with Crippen LogP contribution in [0.2, 0.25) is 0 Å². The van der Waals surface area contributed by atoms with Crippen LogP contribution >= 0.6 is 0 Å². The zero-order chi connectivity index (χ0) is 27.6. The number of benzene rings is 2. The summed E-state index contributed by atoms with van der Waals surface area (Å²) in [5.74, 6) is 1.35. The molecule has 5 aromatic rings. The van der Waals surface area contributed by atoms with Crippen LogP contribution in [0.3, 0.4) is 0 Å². The number of nitrogens with zero attached hydrogens (tertiary/aromatic N) is 5. The van der Waals surface area contributed by atoms with E-state index in [0.29, 0.717) is 29.1 Å². The van der Waals surface area contributed by atoms with Crippen LogP contribution in [0.15, 0.2) is 59.7 Å². The molecule has 6 rings (SSSR count). The molecular formula is C29H30N8O3. The number of hydrogen-bond acceptors (Lipinski definition) is 8. The van der Waals surface area contributed by atoms with Crippen LogP contribution < -0.4 is 10.3 Å². The number of carbonyl (C=O) groups is 1. The maximum Gasteiger partial charge on any atom is 0.315 e. The van der Waals surface area contributed by atoms with Crippen molar-refractivity contribution in [2.75, 3.05) is 0 Å². The molecule has 1 saturated carbocycles. The molecule has 3 unspecified atom stereocenters. The Morgan fingerprint density at radius 2 is 1.85 bits per heavy atom. The van der Waals surface area contributed by atoms with Crippen molar-refractivity contribution >= 4 is 17.0 Å². The zero-order valence-electron chi connectivity index (χ0n) is 22.3. The van der Waals surface area contributed by atoms with Crippen LogP contribution in [0.4, 0.5) is 0 Å². The molecule has 11 nitrogen and oxygen atoms in total. The van der Waals surface area contributed by atoms with Gasteiger partial charge in [-0.25, -0.2) is 10.1 Å². The minimum absolute atomic E-state index is 0.0568. The molecule has 3 atom stereocenters. The number of esters is 1. The van der Waals surface area contributed by atoms with E-state index in [0.717, 1.165) is 42.4 Å². The van der Waals surface area contributed by atoms with Gasteiger partial charge in [-0.05, 0) is 65.3 Å². The van der Waals surface area contributed by atoms with Gasteiger partial charge in [-0.3, -0.25) is 9.59 Å². The van der Waals surface area contributed by atoms with Crippen LogP contribution in [-0.4, -0.2) is 46.8 Å². The first-order chi connectivity index (χ1) is 19.5. The second-order valence-electron chi connectivity index (χ2n) is 10.8. The lowest BCUT2D eigenvalue weighted by atomic mass is 9.67. The van der Waals surface area contributed by atoms with Gasteiger partial charge in [-0.2, -0.15) is 5.21 Å². The summed E-state index contributed by atoms with van der Waals surface area (Å²) in [6, 6.07) is 16.7. The Kier molecular flexibility index (Phi) is 6.93. The van der Waals surface area contributed by atoms with Gasteiger partial charge in [0.25, 0.3) is 11.4 Å². The number of tetrazole rings is 1. The zero-order valence-corrected chi connectivity index (χ0v) is 22.3. The molecule has 0 amide bonds. The van der Waals surface area contributed by atoms with Crippen molar-refractivity contribution in [3.63, 3.8) is 0 Å². The number of carbonyl (C=O) groups excluding carboxylic acids is 1. The van der Waals surface area contributed by atoms with Crippen molar-refractivity contribution in [1.29, 1.82) is 0 Å². The lowest BCUT2D eigenvalue weighted by Crippen LogP contribution is -2.35. The second-order valence-corrected chi connectivity index (χ2v) is 10.8. The van der Waals surface area contributed by atoms with Gasteiger partial charge in [-0.1, -0.05) is 62.4 Å². The van der Waals surface area contributed by atoms with E-state index >= 15 is 0 Å². The van der Waals surface area contributed by atoms with Crippen molar-refractivity contribution in [2.24, 2.45) is 23.7 Å². The van der Waals surface area contributed by atoms with E-state index in [1.54, 1.807) is 0 Å². The van der Waals surface area contributed by atoms with Crippen LogP contribution in [0.5, 0.6) is 5.88 Å². The summed E-state index contributed by atoms with van der Waals surface area (Å²) in [5.41, 5.74) is 4.43. The Hall–Kier alpha value is -4.67. The van der Waals surface area contributed by atoms with Crippen molar-refractivity contribution < 1.29 is 9.53 Å². The van der Waals surface area contributed by atoms with Crippen LogP contribution in [0.25, 0.3) is 33.5 Å². The maximum atomic E-state index is 13.1. The van der Waals surface area contributed by atoms with E-state index < -0.39 is 5.56 Å². The molecule has 2 aromatic carbocycles. The third-order valence-electron chi connectivity index (χ3n) is 8.04. The monoisotopic (exact) mass is 538 g/mol. The Balaban J connectivity index is 1.14. The molecular weight excluding hydrogens is 508 g/mol. The van der Waals surface area contributed by atoms with Gasteiger partial charge < -0.3 is 9.72 Å². The summed E-state index contributed by atoms with van der Waals surface area (Å²) in [4.78, 5) is 31.8. The number of rotatable bonds is 7. The van der Waals surface area contributed by atoms with Gasteiger partial charge in [-0.15, -0.1) is 15.3 Å². The summed E-state index contributed by atoms with van der Waals surface area (Å²) in [5, 5.41) is 20.8. The Morgan fingerprint density at radius 3 is 2.60 bits per heavy atom. The second kappa shape index (κ2) is 10.8. The van der Waals surface area contributed by atoms with Crippen molar-refractivity contribution in [3.8, 4) is 28.4 Å². The topological polar surface area (TPSA) is 155 Å². The largest absolute Gasteiger partial charge is 0.403 e. The number of aromatic amines is 3. The highest BCUT2D eigenvalue weighted by molar-refractivity contribution is 5.83. The molecule has 0 saturated heterocycles. The average molecular weight is 539 g/mol. The smallest absolute Gasteiger partial charge is 0.315 e. The van der Waals surface area contributed by atoms with Crippen LogP contribution in [-0.2, 0) is 11.2 Å². The normalized spacial score (nSPS) is 19.2. The third-order valence-corrected chi connectivity index (χ3v) is 8.04. The molecule has 0 aliphatic heterocycles. The molecule has 1 aliphatic carbocycles. The van der Waals surface area contributed by atoms with E-state index in [1.807, 2.05) is 18.2 Å². The maximum absolute atomic E-state index is 13.1. The first-order valence-corrected chi connectivity index (χ1v) is 13.5. The minimum Gasteiger partial charge on any atom is -0.403 e. The highest BCUT2D eigenvalue weighted by Crippen LogP contribution is 2.41. The molecule has 1 fully saturated rings. The van der Waals surface area contributed by atoms with Gasteiger partial charge in [0, 0.05) is 5.56 Å². The Labute approximate surface area is 229 Å². The fourth-order valence-corrected chi connectivity index (χ4v) is 5.97. The molecule has 0 bridgehead atoms. The molecule has 11 heteroatoms. The predicted molar refractivity (Wildman–Crippen MR) is 148 cm³/mol. The summed E-state index contributed by atoms with van der Waals surface area (Å²) >= 11 is 0. The van der Waals surface area contributed by atoms with E-state index in [4.69, 9.17) is 4.74 Å². The number of nitrogens with one attached hydrogen (secondary N) is 3. The van der Waals surface area contributed by atoms with Gasteiger partial charge in [0.15, 0.2) is 5.52 Å². The first-order valence-electron chi connectivity index (χ1n) is 13.5. The average Bonchev–Trinajstić information content (AvgIpc) is 3.69. The van der Waals surface area contributed by atoms with E-state index in [1.165, 1.54) is 11.9 Å². The molecule has 204 valence electrons. The lowest BCUT2D eigenvalue weighted by molar-refractivity contribution is -0.141. The number of imidazole rings is 1. The summed E-state index contributed by atoms with van der Waals surface area (Å²) in [6.07, 6.45) is 4.78. The number of aromatic nitrogens is 8. The molecule has 3 N–H and O–H groups in total. The molecule has 40 heavy (non-hydrogen) atoms. The van der Waals surface area contributed by atoms with E-state index in [2.05, 4.69) is 85.0 Å². The number of fused-ring (bicyclic) bond motifs is 1. The molecule has 3 aromatic heterocycles. The van der Waals surface area contributed by atoms with Gasteiger partial charge in [0.1, 0.15) is 5.52 Å². The van der Waals surface area contributed by atoms with Gasteiger partial charge in [0.05, 0.1) is 12.2 Å². The van der Waals surface area contributed by atoms with Crippen molar-refractivity contribution in [2.45, 2.75) is 39.5 Å². The third kappa shape index (κ3) is 5.02. The van der Waals surface area contributed by atoms with E-state index in [-0.39, 0.29) is 23.3 Å². The van der Waals surface area contributed by atoms with E-state index in [9.17, 15) is 9.59 Å². The SMILES string of the molecule is CC(C)C1CC(C(=O)Oc2n[nH]c(=O)c3nc[nH]c23)CCC1Cc1ccc(-c2ccccc2-c2nn[nH]n2)cc1. The standard InChI is InChI=1S/C29H30N8O3/c1-16(2)23-14-20(29(39)40-28-25-24(30-15-31-25)27(38)34-35-28)12-11-19(23)13-17-7-9-18(10-8-17)21-5-3-4-6-22(21)26-32-36-37-33-26/h3-10,15-16,19-20,23H,11-14H2,1-2H3,(H,30,31)(H,34,38)(H,32,33,36,37). The molecule has 0 spiro atoms. The van der Waals surface area contributed by atoms with Crippen molar-refractivity contribution in [3.05, 3.63) is 70.8 Å². The first kappa shape index (κ1) is 25.6. The van der Waals surface area contributed by atoms with Gasteiger partial charge >= 0.3 is 5.97 Å². The fraction of sp³-hybridized carbons (Fsp3) is 0.345. The van der Waals surface area contributed by atoms with Crippen molar-refractivity contribution in [1.82, 2.24) is 40.8 Å². The highest BCUT2D eigenvalue weighted by Gasteiger charge is 2.36. The van der Waals surface area contributed by atoms with Gasteiger partial charge in [0.2, 0.25) is 5.82 Å². The lowest BCUT2D eigenvalue weighted by Gasteiger charge is -2.37. The molecule has 3 heterocycles. The summed E-state index contributed by atoms with van der Waals surface area (Å²) < 4.78 is 5.65.